The van der Waals surface area contributed by atoms with Crippen LogP contribution in [0.5, 0.6) is 0 Å². The standard InChI is InChI=1S/C13H15ClN4/c1-18(9-10-3-2-4-11(14)5-10)13-8-16-12(6-15)7-17-13/h2-5,7-8H,6,9,15H2,1H3. The summed E-state index contributed by atoms with van der Waals surface area (Å²) in [6.45, 7) is 1.14. The molecular formula is C13H15ClN4. The fourth-order valence-corrected chi connectivity index (χ4v) is 1.85. The molecule has 2 aromatic rings. The van der Waals surface area contributed by atoms with Crippen molar-refractivity contribution in [2.75, 3.05) is 11.9 Å². The second-order valence-electron chi connectivity index (χ2n) is 4.06. The van der Waals surface area contributed by atoms with Crippen molar-refractivity contribution in [2.45, 2.75) is 13.1 Å². The number of benzene rings is 1. The van der Waals surface area contributed by atoms with E-state index >= 15 is 0 Å². The largest absolute Gasteiger partial charge is 0.354 e. The van der Waals surface area contributed by atoms with E-state index in [0.29, 0.717) is 6.54 Å². The van der Waals surface area contributed by atoms with E-state index in [0.717, 1.165) is 28.6 Å². The minimum Gasteiger partial charge on any atom is -0.354 e. The van der Waals surface area contributed by atoms with Crippen LogP contribution in [-0.4, -0.2) is 17.0 Å². The van der Waals surface area contributed by atoms with Crippen molar-refractivity contribution < 1.29 is 0 Å². The molecule has 2 rings (SSSR count). The van der Waals surface area contributed by atoms with E-state index in [2.05, 4.69) is 9.97 Å². The van der Waals surface area contributed by atoms with E-state index in [1.165, 1.54) is 0 Å². The third-order valence-corrected chi connectivity index (χ3v) is 2.84. The van der Waals surface area contributed by atoms with Crippen LogP contribution >= 0.6 is 11.6 Å². The summed E-state index contributed by atoms with van der Waals surface area (Å²) >= 11 is 5.95. The summed E-state index contributed by atoms with van der Waals surface area (Å²) in [6, 6.07) is 7.78. The summed E-state index contributed by atoms with van der Waals surface area (Å²) in [4.78, 5) is 10.6. The number of anilines is 1. The highest BCUT2D eigenvalue weighted by Gasteiger charge is 2.04. The van der Waals surface area contributed by atoms with Crippen molar-refractivity contribution >= 4 is 17.4 Å². The van der Waals surface area contributed by atoms with Gasteiger partial charge in [-0.05, 0) is 17.7 Å². The molecule has 1 aromatic carbocycles. The van der Waals surface area contributed by atoms with Gasteiger partial charge in [0.05, 0.1) is 18.1 Å². The first kappa shape index (κ1) is 12.8. The zero-order chi connectivity index (χ0) is 13.0. The fraction of sp³-hybridized carbons (Fsp3) is 0.231. The van der Waals surface area contributed by atoms with Crippen LogP contribution in [-0.2, 0) is 13.1 Å². The van der Waals surface area contributed by atoms with Crippen molar-refractivity contribution in [1.82, 2.24) is 9.97 Å². The second-order valence-corrected chi connectivity index (χ2v) is 4.49. The predicted octanol–water partition coefficient (Wildman–Crippen LogP) is 2.23. The molecule has 0 aliphatic rings. The molecule has 0 atom stereocenters. The van der Waals surface area contributed by atoms with Gasteiger partial charge in [-0.25, -0.2) is 4.98 Å². The van der Waals surface area contributed by atoms with E-state index in [9.17, 15) is 0 Å². The van der Waals surface area contributed by atoms with E-state index in [-0.39, 0.29) is 0 Å². The molecule has 4 nitrogen and oxygen atoms in total. The van der Waals surface area contributed by atoms with Gasteiger partial charge < -0.3 is 10.6 Å². The molecule has 0 spiro atoms. The van der Waals surface area contributed by atoms with Gasteiger partial charge in [-0.3, -0.25) is 4.98 Å². The summed E-state index contributed by atoms with van der Waals surface area (Å²) in [7, 11) is 1.97. The smallest absolute Gasteiger partial charge is 0.147 e. The van der Waals surface area contributed by atoms with Crippen LogP contribution in [0, 0.1) is 0 Å². The van der Waals surface area contributed by atoms with Gasteiger partial charge in [0.2, 0.25) is 0 Å². The second kappa shape index (κ2) is 5.80. The third-order valence-electron chi connectivity index (χ3n) is 2.60. The lowest BCUT2D eigenvalue weighted by atomic mass is 10.2. The SMILES string of the molecule is CN(Cc1cccc(Cl)c1)c1cnc(CN)cn1. The Kier molecular flexibility index (Phi) is 4.12. The monoisotopic (exact) mass is 262 g/mol. The zero-order valence-corrected chi connectivity index (χ0v) is 10.9. The molecule has 5 heteroatoms. The molecule has 18 heavy (non-hydrogen) atoms. The fourth-order valence-electron chi connectivity index (χ4n) is 1.64. The summed E-state index contributed by atoms with van der Waals surface area (Å²) in [5.41, 5.74) is 7.41. The van der Waals surface area contributed by atoms with Gasteiger partial charge in [-0.1, -0.05) is 23.7 Å². The van der Waals surface area contributed by atoms with Crippen LogP contribution in [0.2, 0.25) is 5.02 Å². The molecule has 0 saturated heterocycles. The van der Waals surface area contributed by atoms with Crippen LogP contribution in [0.3, 0.4) is 0 Å². The van der Waals surface area contributed by atoms with Gasteiger partial charge in [0.15, 0.2) is 0 Å². The molecule has 0 bridgehead atoms. The van der Waals surface area contributed by atoms with Gasteiger partial charge >= 0.3 is 0 Å². The first-order chi connectivity index (χ1) is 8.69. The van der Waals surface area contributed by atoms with Crippen molar-refractivity contribution in [3.63, 3.8) is 0 Å². The highest BCUT2D eigenvalue weighted by atomic mass is 35.5. The lowest BCUT2D eigenvalue weighted by Crippen LogP contribution is -2.18. The van der Waals surface area contributed by atoms with Crippen molar-refractivity contribution in [3.05, 3.63) is 52.9 Å². The van der Waals surface area contributed by atoms with Gasteiger partial charge in [0, 0.05) is 25.2 Å². The number of hydrogen-bond acceptors (Lipinski definition) is 4. The Labute approximate surface area is 111 Å². The minimum absolute atomic E-state index is 0.408. The zero-order valence-electron chi connectivity index (χ0n) is 10.2. The van der Waals surface area contributed by atoms with Crippen LogP contribution in [0.1, 0.15) is 11.3 Å². The number of aromatic nitrogens is 2. The van der Waals surface area contributed by atoms with Crippen LogP contribution in [0.4, 0.5) is 5.82 Å². The Morgan fingerprint density at radius 3 is 2.72 bits per heavy atom. The molecule has 94 valence electrons. The Hall–Kier alpha value is -1.65. The average Bonchev–Trinajstić information content (AvgIpc) is 2.39. The van der Waals surface area contributed by atoms with Gasteiger partial charge in [-0.2, -0.15) is 0 Å². The quantitative estimate of drug-likeness (QED) is 0.918. The van der Waals surface area contributed by atoms with Gasteiger partial charge in [-0.15, -0.1) is 0 Å². The van der Waals surface area contributed by atoms with Crippen molar-refractivity contribution in [2.24, 2.45) is 5.73 Å². The van der Waals surface area contributed by atoms with Crippen molar-refractivity contribution in [1.29, 1.82) is 0 Å². The van der Waals surface area contributed by atoms with Crippen LogP contribution < -0.4 is 10.6 Å². The first-order valence-corrected chi connectivity index (χ1v) is 6.03. The lowest BCUT2D eigenvalue weighted by Gasteiger charge is -2.18. The van der Waals surface area contributed by atoms with E-state index in [1.807, 2.05) is 36.2 Å². The molecule has 2 N–H and O–H groups in total. The maximum Gasteiger partial charge on any atom is 0.147 e. The molecule has 0 aliphatic carbocycles. The Morgan fingerprint density at radius 2 is 2.11 bits per heavy atom. The number of hydrogen-bond donors (Lipinski definition) is 1. The maximum absolute atomic E-state index is 5.95. The summed E-state index contributed by atoms with van der Waals surface area (Å²) in [5.74, 6) is 0.812. The van der Waals surface area contributed by atoms with E-state index in [1.54, 1.807) is 12.4 Å². The van der Waals surface area contributed by atoms with Gasteiger partial charge in [0.25, 0.3) is 0 Å². The Morgan fingerprint density at radius 1 is 1.28 bits per heavy atom. The van der Waals surface area contributed by atoms with Crippen LogP contribution in [0.25, 0.3) is 0 Å². The average molecular weight is 263 g/mol. The molecule has 0 aliphatic heterocycles. The molecular weight excluding hydrogens is 248 g/mol. The summed E-state index contributed by atoms with van der Waals surface area (Å²) in [6.07, 6.45) is 3.43. The lowest BCUT2D eigenvalue weighted by molar-refractivity contribution is 0.873. The Balaban J connectivity index is 2.09. The maximum atomic E-state index is 5.95. The molecule has 1 heterocycles. The molecule has 0 amide bonds. The third kappa shape index (κ3) is 3.18. The van der Waals surface area contributed by atoms with Crippen molar-refractivity contribution in [3.8, 4) is 0 Å². The molecule has 0 saturated carbocycles. The number of nitrogens with two attached hydrogens (primary N) is 1. The first-order valence-electron chi connectivity index (χ1n) is 5.65. The highest BCUT2D eigenvalue weighted by Crippen LogP contribution is 2.15. The normalized spacial score (nSPS) is 10.4. The summed E-state index contributed by atoms with van der Waals surface area (Å²) < 4.78 is 0. The molecule has 0 radical (unpaired) electrons. The predicted molar refractivity (Wildman–Crippen MR) is 73.5 cm³/mol. The topological polar surface area (TPSA) is 55.0 Å². The minimum atomic E-state index is 0.408. The Bertz CT molecular complexity index is 513. The molecule has 0 fully saturated rings. The van der Waals surface area contributed by atoms with Gasteiger partial charge in [0.1, 0.15) is 5.82 Å². The van der Waals surface area contributed by atoms with E-state index in [4.69, 9.17) is 17.3 Å². The highest BCUT2D eigenvalue weighted by molar-refractivity contribution is 6.30. The summed E-state index contributed by atoms with van der Waals surface area (Å²) in [5, 5.41) is 0.741. The molecule has 1 aromatic heterocycles. The van der Waals surface area contributed by atoms with E-state index < -0.39 is 0 Å². The van der Waals surface area contributed by atoms with Crippen LogP contribution in [0.15, 0.2) is 36.7 Å². The molecule has 0 unspecified atom stereocenters. The number of halogens is 1. The number of rotatable bonds is 4. The number of nitrogens with zero attached hydrogens (tertiary/aromatic N) is 3.